The molecule has 4 aromatic rings. The second-order valence-electron chi connectivity index (χ2n) is 11.2. The molecule has 44 heavy (non-hydrogen) atoms. The molecular formula is C34H32ClF2NO6. The molecule has 0 radical (unpaired) electrons. The van der Waals surface area contributed by atoms with Gasteiger partial charge in [-0.2, -0.15) is 0 Å². The molecule has 0 bridgehead atoms. The van der Waals surface area contributed by atoms with E-state index < -0.39 is 23.6 Å². The fourth-order valence-corrected chi connectivity index (χ4v) is 5.57. The molecule has 3 aromatic carbocycles. The summed E-state index contributed by atoms with van der Waals surface area (Å²) in [6.07, 6.45) is 9.43. The highest BCUT2D eigenvalue weighted by molar-refractivity contribution is 6.32. The molecule has 1 heterocycles. The maximum absolute atomic E-state index is 13.5. The van der Waals surface area contributed by atoms with Gasteiger partial charge in [0.15, 0.2) is 0 Å². The van der Waals surface area contributed by atoms with Gasteiger partial charge in [0.1, 0.15) is 34.7 Å². The highest BCUT2D eigenvalue weighted by Gasteiger charge is 2.44. The van der Waals surface area contributed by atoms with Crippen molar-refractivity contribution in [1.29, 1.82) is 0 Å². The number of para-hydroxylation sites is 1. The number of hydrogen-bond donors (Lipinski definition) is 2. The lowest BCUT2D eigenvalue weighted by Crippen LogP contribution is -2.11. The van der Waals surface area contributed by atoms with Gasteiger partial charge < -0.3 is 24.3 Å². The number of hydrogen-bond acceptors (Lipinski definition) is 4. The number of ether oxygens (including phenoxy) is 2. The smallest absolute Gasteiger partial charge is 0.323 e. The summed E-state index contributed by atoms with van der Waals surface area (Å²) in [5, 5.41) is 19.6. The summed E-state index contributed by atoms with van der Waals surface area (Å²) < 4.78 is 39.8. The van der Waals surface area contributed by atoms with E-state index in [4.69, 9.17) is 21.1 Å². The molecule has 0 aliphatic heterocycles. The minimum atomic E-state index is -0.951. The van der Waals surface area contributed by atoms with Crippen LogP contribution in [0.15, 0.2) is 60.8 Å². The van der Waals surface area contributed by atoms with Gasteiger partial charge in [-0.05, 0) is 66.3 Å². The quantitative estimate of drug-likeness (QED) is 0.0795. The van der Waals surface area contributed by atoms with Crippen LogP contribution in [0.3, 0.4) is 0 Å². The molecule has 1 aliphatic rings. The van der Waals surface area contributed by atoms with Crippen LogP contribution in [-0.4, -0.2) is 39.9 Å². The maximum atomic E-state index is 13.5. The Morgan fingerprint density at radius 1 is 0.955 bits per heavy atom. The van der Waals surface area contributed by atoms with Gasteiger partial charge in [0.05, 0.1) is 25.2 Å². The second-order valence-corrected chi connectivity index (χ2v) is 11.6. The van der Waals surface area contributed by atoms with Gasteiger partial charge in [-0.15, -0.1) is 0 Å². The van der Waals surface area contributed by atoms with Crippen molar-refractivity contribution in [3.8, 4) is 11.5 Å². The van der Waals surface area contributed by atoms with E-state index in [2.05, 4.69) is 0 Å². The first-order valence-corrected chi connectivity index (χ1v) is 14.7. The van der Waals surface area contributed by atoms with Gasteiger partial charge in [0.2, 0.25) is 0 Å². The van der Waals surface area contributed by atoms with Gasteiger partial charge in [0, 0.05) is 23.7 Å². The van der Waals surface area contributed by atoms with Crippen LogP contribution in [0.4, 0.5) is 8.78 Å². The molecule has 10 heteroatoms. The predicted octanol–water partition coefficient (Wildman–Crippen LogP) is 7.86. The number of carbonyl (C=O) groups is 2. The highest BCUT2D eigenvalue weighted by Crippen LogP contribution is 2.52. The fourth-order valence-electron chi connectivity index (χ4n) is 5.40. The first-order chi connectivity index (χ1) is 21.1. The lowest BCUT2D eigenvalue weighted by molar-refractivity contribution is -0.139. The number of aromatic nitrogens is 1. The molecule has 0 saturated heterocycles. The molecule has 230 valence electrons. The van der Waals surface area contributed by atoms with Gasteiger partial charge in [-0.1, -0.05) is 54.1 Å². The Morgan fingerprint density at radius 3 is 2.36 bits per heavy atom. The number of benzene rings is 3. The van der Waals surface area contributed by atoms with E-state index >= 15 is 0 Å². The Labute approximate surface area is 258 Å². The van der Waals surface area contributed by atoms with Gasteiger partial charge >= 0.3 is 11.9 Å². The summed E-state index contributed by atoms with van der Waals surface area (Å²) >= 11 is 5.81. The van der Waals surface area contributed by atoms with Crippen molar-refractivity contribution < 1.29 is 38.1 Å². The lowest BCUT2D eigenvalue weighted by atomic mass is 9.92. The summed E-state index contributed by atoms with van der Waals surface area (Å²) in [6, 6.07) is 15.1. The first-order valence-electron chi connectivity index (χ1n) is 14.4. The lowest BCUT2D eigenvalue weighted by Gasteiger charge is -2.11. The summed E-state index contributed by atoms with van der Waals surface area (Å²) in [4.78, 5) is 23.0. The Morgan fingerprint density at radius 2 is 1.68 bits per heavy atom. The molecule has 1 aromatic heterocycles. The van der Waals surface area contributed by atoms with Crippen molar-refractivity contribution in [2.45, 2.75) is 45.1 Å². The predicted molar refractivity (Wildman–Crippen MR) is 164 cm³/mol. The Hall–Kier alpha value is -4.37. The number of fused-ring (bicyclic) bond motifs is 1. The van der Waals surface area contributed by atoms with Crippen molar-refractivity contribution in [2.75, 3.05) is 13.2 Å². The van der Waals surface area contributed by atoms with E-state index in [0.29, 0.717) is 37.7 Å². The van der Waals surface area contributed by atoms with E-state index in [1.165, 1.54) is 0 Å². The third-order valence-corrected chi connectivity index (χ3v) is 8.09. The van der Waals surface area contributed by atoms with Crippen LogP contribution in [-0.2, 0) is 22.6 Å². The van der Waals surface area contributed by atoms with Crippen LogP contribution in [0, 0.1) is 17.0 Å². The zero-order valence-corrected chi connectivity index (χ0v) is 24.7. The van der Waals surface area contributed by atoms with Crippen LogP contribution in [0.5, 0.6) is 11.5 Å². The standard InChI is InChI=1S/C34H32ClF2NO6/c35-32-28(37)16-25(36)17-29(32)44-15-2-1-14-43-26-10-7-22(8-11-26)6-9-23-4-3-5-27-24(18-34(12-13-34)19-30(39)40)20-38(33(23)27)21-31(41)42/h3-11,16-17,20H,1-2,12-15,18-19,21H2,(H,39,40)(H,41,42). The van der Waals surface area contributed by atoms with E-state index in [0.717, 1.165) is 46.5 Å². The molecule has 0 atom stereocenters. The molecule has 1 fully saturated rings. The normalized spacial score (nSPS) is 13.8. The van der Waals surface area contributed by atoms with Gasteiger partial charge in [-0.3, -0.25) is 9.59 Å². The molecule has 0 unspecified atom stereocenters. The largest absolute Gasteiger partial charge is 0.494 e. The number of nitrogens with zero attached hydrogens (tertiary/aromatic N) is 1. The van der Waals surface area contributed by atoms with Crippen LogP contribution in [0.2, 0.25) is 5.02 Å². The third-order valence-electron chi connectivity index (χ3n) is 7.73. The number of aliphatic carboxylic acids is 2. The zero-order valence-electron chi connectivity index (χ0n) is 23.9. The van der Waals surface area contributed by atoms with E-state index in [-0.39, 0.29) is 35.8 Å². The SMILES string of the molecule is O=C(O)Cn1cc(CC2(CC(=O)O)CC2)c2cccc(C=Cc3ccc(OCCCCOc4cc(F)cc(F)c4Cl)cc3)c21. The highest BCUT2D eigenvalue weighted by atomic mass is 35.5. The minimum absolute atomic E-state index is 0.0251. The molecule has 0 amide bonds. The van der Waals surface area contributed by atoms with E-state index in [1.807, 2.05) is 60.8 Å². The van der Waals surface area contributed by atoms with E-state index in [1.54, 1.807) is 4.57 Å². The third kappa shape index (κ3) is 7.77. The number of unbranched alkanes of at least 4 members (excludes halogenated alkanes) is 1. The van der Waals surface area contributed by atoms with Crippen LogP contribution in [0.1, 0.15) is 48.8 Å². The Balaban J connectivity index is 1.19. The monoisotopic (exact) mass is 623 g/mol. The number of rotatable bonds is 15. The summed E-state index contributed by atoms with van der Waals surface area (Å²) in [7, 11) is 0. The Kier molecular flexibility index (Phi) is 9.54. The number of halogens is 3. The summed E-state index contributed by atoms with van der Waals surface area (Å²) in [6.45, 7) is 0.480. The van der Waals surface area contributed by atoms with Crippen LogP contribution >= 0.6 is 11.6 Å². The fraction of sp³-hybridized carbons (Fsp3) is 0.294. The first kappa shape index (κ1) is 31.1. The molecule has 1 aliphatic carbocycles. The van der Waals surface area contributed by atoms with Crippen molar-refractivity contribution in [1.82, 2.24) is 4.57 Å². The number of carboxylic acids is 2. The van der Waals surface area contributed by atoms with Crippen molar-refractivity contribution in [3.63, 3.8) is 0 Å². The average molecular weight is 624 g/mol. The van der Waals surface area contributed by atoms with E-state index in [9.17, 15) is 28.6 Å². The molecule has 2 N–H and O–H groups in total. The Bertz CT molecular complexity index is 1690. The average Bonchev–Trinajstić information content (AvgIpc) is 3.64. The summed E-state index contributed by atoms with van der Waals surface area (Å²) in [5.41, 5.74) is 3.31. The van der Waals surface area contributed by atoms with Crippen molar-refractivity contribution in [2.24, 2.45) is 5.41 Å². The number of carboxylic acid groups (broad SMARTS) is 2. The van der Waals surface area contributed by atoms with Crippen molar-refractivity contribution >= 4 is 46.6 Å². The zero-order chi connectivity index (χ0) is 31.3. The molecular weight excluding hydrogens is 592 g/mol. The maximum Gasteiger partial charge on any atom is 0.323 e. The van der Waals surface area contributed by atoms with Gasteiger partial charge in [-0.25, -0.2) is 8.78 Å². The van der Waals surface area contributed by atoms with Crippen LogP contribution < -0.4 is 9.47 Å². The molecule has 7 nitrogen and oxygen atoms in total. The molecule has 0 spiro atoms. The van der Waals surface area contributed by atoms with Crippen LogP contribution in [0.25, 0.3) is 23.1 Å². The van der Waals surface area contributed by atoms with Crippen molar-refractivity contribution in [3.05, 3.63) is 94.1 Å². The second kappa shape index (κ2) is 13.5. The minimum Gasteiger partial charge on any atom is -0.494 e. The molecule has 1 saturated carbocycles. The summed E-state index contributed by atoms with van der Waals surface area (Å²) in [5.74, 6) is -2.71. The molecule has 5 rings (SSSR count). The topological polar surface area (TPSA) is 98.0 Å². The van der Waals surface area contributed by atoms with Gasteiger partial charge in [0.25, 0.3) is 0 Å².